The van der Waals surface area contributed by atoms with Gasteiger partial charge in [0.05, 0.1) is 11.4 Å². The van der Waals surface area contributed by atoms with Crippen LogP contribution in [0.3, 0.4) is 0 Å². The molecular formula is C20H17N5O2. The number of aromatic nitrogens is 4. The summed E-state index contributed by atoms with van der Waals surface area (Å²) in [4.78, 5) is 34.6. The van der Waals surface area contributed by atoms with E-state index in [2.05, 4.69) is 15.3 Å². The summed E-state index contributed by atoms with van der Waals surface area (Å²) in [6.45, 7) is 1.87. The summed E-state index contributed by atoms with van der Waals surface area (Å²) in [6.07, 6.45) is 3.80. The highest BCUT2D eigenvalue weighted by atomic mass is 16.2. The van der Waals surface area contributed by atoms with Crippen LogP contribution in [0.2, 0.25) is 0 Å². The van der Waals surface area contributed by atoms with Gasteiger partial charge in [-0.2, -0.15) is 4.52 Å². The van der Waals surface area contributed by atoms with E-state index < -0.39 is 11.5 Å². The van der Waals surface area contributed by atoms with Crippen LogP contribution in [-0.4, -0.2) is 25.1 Å². The second kappa shape index (κ2) is 6.87. The molecule has 0 aliphatic rings. The van der Waals surface area contributed by atoms with Crippen molar-refractivity contribution < 1.29 is 4.79 Å². The Hall–Kier alpha value is -3.74. The summed E-state index contributed by atoms with van der Waals surface area (Å²) < 4.78 is 3.09. The second-order valence-electron chi connectivity index (χ2n) is 5.93. The number of carbonyl (C=O) groups is 1. The number of hydrogen-bond acceptors (Lipinski definition) is 4. The van der Waals surface area contributed by atoms with Gasteiger partial charge < -0.3 is 5.32 Å². The van der Waals surface area contributed by atoms with Gasteiger partial charge in [0.15, 0.2) is 5.65 Å². The molecule has 0 fully saturated rings. The standard InChI is InChI=1S/C20H17N5O2/c1-2-15-18(19(26)23-16-10-6-7-12-21-16)20(27)25-17(22-15)11-13-24(25)14-8-4-3-5-9-14/h3-13H,2H2,1H3,(H,21,23,26). The first-order valence-electron chi connectivity index (χ1n) is 8.60. The molecule has 0 unspecified atom stereocenters. The number of rotatable bonds is 4. The number of aryl methyl sites for hydroxylation is 1. The Balaban J connectivity index is 1.88. The number of anilines is 1. The lowest BCUT2D eigenvalue weighted by atomic mass is 10.1. The van der Waals surface area contributed by atoms with Crippen LogP contribution in [0.4, 0.5) is 5.82 Å². The minimum atomic E-state index is -0.515. The van der Waals surface area contributed by atoms with Crippen molar-refractivity contribution in [3.8, 4) is 5.69 Å². The molecule has 4 rings (SSSR count). The first-order valence-corrected chi connectivity index (χ1v) is 8.60. The van der Waals surface area contributed by atoms with Gasteiger partial charge in [-0.1, -0.05) is 31.2 Å². The van der Waals surface area contributed by atoms with Crippen LogP contribution in [-0.2, 0) is 6.42 Å². The molecule has 27 heavy (non-hydrogen) atoms. The monoisotopic (exact) mass is 359 g/mol. The SMILES string of the molecule is CCc1nc2ccn(-c3ccccc3)n2c(=O)c1C(=O)Nc1ccccn1. The molecule has 0 atom stereocenters. The van der Waals surface area contributed by atoms with E-state index in [4.69, 9.17) is 0 Å². The molecule has 3 aromatic heterocycles. The number of pyridine rings is 1. The Bertz CT molecular complexity index is 1160. The summed E-state index contributed by atoms with van der Waals surface area (Å²) in [5.41, 5.74) is 1.36. The van der Waals surface area contributed by atoms with Gasteiger partial charge in [0.25, 0.3) is 11.5 Å². The highest BCUT2D eigenvalue weighted by Crippen LogP contribution is 2.13. The van der Waals surface area contributed by atoms with Crippen molar-refractivity contribution in [2.24, 2.45) is 0 Å². The third-order valence-corrected chi connectivity index (χ3v) is 4.23. The number of para-hydroxylation sites is 1. The molecule has 134 valence electrons. The predicted octanol–water partition coefficient (Wildman–Crippen LogP) is 2.69. The minimum absolute atomic E-state index is 0.0246. The van der Waals surface area contributed by atoms with Gasteiger partial charge in [-0.25, -0.2) is 9.97 Å². The van der Waals surface area contributed by atoms with E-state index in [0.29, 0.717) is 23.6 Å². The van der Waals surface area contributed by atoms with Crippen molar-refractivity contribution in [2.45, 2.75) is 13.3 Å². The minimum Gasteiger partial charge on any atom is -0.306 e. The molecule has 7 nitrogen and oxygen atoms in total. The molecule has 1 N–H and O–H groups in total. The smallest absolute Gasteiger partial charge is 0.286 e. The van der Waals surface area contributed by atoms with E-state index in [0.717, 1.165) is 5.69 Å². The summed E-state index contributed by atoms with van der Waals surface area (Å²) in [6, 6.07) is 16.4. The third kappa shape index (κ3) is 2.99. The van der Waals surface area contributed by atoms with E-state index in [1.165, 1.54) is 4.52 Å². The lowest BCUT2D eigenvalue weighted by Crippen LogP contribution is -2.31. The second-order valence-corrected chi connectivity index (χ2v) is 5.93. The number of benzene rings is 1. The molecule has 0 bridgehead atoms. The zero-order valence-electron chi connectivity index (χ0n) is 14.7. The molecule has 1 aromatic carbocycles. The number of nitrogens with zero attached hydrogens (tertiary/aromatic N) is 4. The Morgan fingerprint density at radius 2 is 1.85 bits per heavy atom. The molecule has 7 heteroatoms. The quantitative estimate of drug-likeness (QED) is 0.607. The van der Waals surface area contributed by atoms with Gasteiger partial charge in [-0.15, -0.1) is 0 Å². The van der Waals surface area contributed by atoms with Gasteiger partial charge in [0.1, 0.15) is 11.4 Å². The average Bonchev–Trinajstić information content (AvgIpc) is 3.13. The maximum Gasteiger partial charge on any atom is 0.286 e. The number of fused-ring (bicyclic) bond motifs is 1. The number of carbonyl (C=O) groups excluding carboxylic acids is 1. The lowest BCUT2D eigenvalue weighted by molar-refractivity contribution is 0.102. The Morgan fingerprint density at radius 3 is 2.56 bits per heavy atom. The van der Waals surface area contributed by atoms with Gasteiger partial charge in [-0.05, 0) is 30.7 Å². The fourth-order valence-electron chi connectivity index (χ4n) is 2.98. The van der Waals surface area contributed by atoms with Crippen molar-refractivity contribution in [3.63, 3.8) is 0 Å². The fourth-order valence-corrected chi connectivity index (χ4v) is 2.98. The Morgan fingerprint density at radius 1 is 1.07 bits per heavy atom. The predicted molar refractivity (Wildman–Crippen MR) is 102 cm³/mol. The normalized spacial score (nSPS) is 10.9. The fraction of sp³-hybridized carbons (Fsp3) is 0.100. The van der Waals surface area contributed by atoms with Crippen LogP contribution in [0, 0.1) is 0 Å². The van der Waals surface area contributed by atoms with E-state index in [1.807, 2.05) is 37.3 Å². The summed E-state index contributed by atoms with van der Waals surface area (Å²) >= 11 is 0. The van der Waals surface area contributed by atoms with Crippen LogP contribution in [0.15, 0.2) is 71.8 Å². The van der Waals surface area contributed by atoms with E-state index in [1.54, 1.807) is 41.3 Å². The topological polar surface area (TPSA) is 81.3 Å². The summed E-state index contributed by atoms with van der Waals surface area (Å²) in [5, 5.41) is 2.68. The molecule has 0 aliphatic heterocycles. The maximum absolute atomic E-state index is 13.2. The third-order valence-electron chi connectivity index (χ3n) is 4.23. The first-order chi connectivity index (χ1) is 13.2. The molecule has 0 saturated carbocycles. The van der Waals surface area contributed by atoms with Gasteiger partial charge >= 0.3 is 0 Å². The largest absolute Gasteiger partial charge is 0.306 e. The number of nitrogens with one attached hydrogen (secondary N) is 1. The van der Waals surface area contributed by atoms with Crippen molar-refractivity contribution >= 4 is 17.4 Å². The van der Waals surface area contributed by atoms with Crippen molar-refractivity contribution in [1.82, 2.24) is 19.2 Å². The maximum atomic E-state index is 13.2. The van der Waals surface area contributed by atoms with Crippen LogP contribution in [0.1, 0.15) is 23.0 Å². The van der Waals surface area contributed by atoms with Crippen molar-refractivity contribution in [3.05, 3.63) is 88.6 Å². The average molecular weight is 359 g/mol. The molecule has 1 amide bonds. The van der Waals surface area contributed by atoms with E-state index >= 15 is 0 Å². The van der Waals surface area contributed by atoms with Crippen molar-refractivity contribution in [2.75, 3.05) is 5.32 Å². The first kappa shape index (κ1) is 16.7. The van der Waals surface area contributed by atoms with E-state index in [-0.39, 0.29) is 5.56 Å². The van der Waals surface area contributed by atoms with Gasteiger partial charge in [-0.3, -0.25) is 14.3 Å². The molecule has 0 aliphatic carbocycles. The molecule has 0 radical (unpaired) electrons. The summed E-state index contributed by atoms with van der Waals surface area (Å²) in [7, 11) is 0. The Kier molecular flexibility index (Phi) is 4.25. The highest BCUT2D eigenvalue weighted by molar-refractivity contribution is 6.04. The Labute approximate surface area is 154 Å². The zero-order chi connectivity index (χ0) is 18.8. The molecular weight excluding hydrogens is 342 g/mol. The molecule has 0 saturated heterocycles. The van der Waals surface area contributed by atoms with Crippen LogP contribution in [0.25, 0.3) is 11.3 Å². The molecule has 0 spiro atoms. The van der Waals surface area contributed by atoms with Crippen LogP contribution >= 0.6 is 0 Å². The highest BCUT2D eigenvalue weighted by Gasteiger charge is 2.21. The van der Waals surface area contributed by atoms with E-state index in [9.17, 15) is 9.59 Å². The van der Waals surface area contributed by atoms with Crippen LogP contribution < -0.4 is 10.9 Å². The van der Waals surface area contributed by atoms with Crippen LogP contribution in [0.5, 0.6) is 0 Å². The molecule has 4 aromatic rings. The van der Waals surface area contributed by atoms with Gasteiger partial charge in [0, 0.05) is 18.5 Å². The zero-order valence-corrected chi connectivity index (χ0v) is 14.7. The summed E-state index contributed by atoms with van der Waals surface area (Å²) in [5.74, 6) is -0.134. The number of hydrogen-bond donors (Lipinski definition) is 1. The lowest BCUT2D eigenvalue weighted by Gasteiger charge is -2.11. The van der Waals surface area contributed by atoms with Gasteiger partial charge in [0.2, 0.25) is 0 Å². The molecule has 3 heterocycles. The number of amides is 1. The van der Waals surface area contributed by atoms with Crippen molar-refractivity contribution in [1.29, 1.82) is 0 Å².